The van der Waals surface area contributed by atoms with E-state index >= 15 is 0 Å². The maximum atomic E-state index is 12.9. The van der Waals surface area contributed by atoms with E-state index in [-0.39, 0.29) is 11.7 Å². The summed E-state index contributed by atoms with van der Waals surface area (Å²) in [6.07, 6.45) is 0. The monoisotopic (exact) mass is 389 g/mol. The van der Waals surface area contributed by atoms with E-state index in [0.29, 0.717) is 18.8 Å². The molecule has 0 bridgehead atoms. The van der Waals surface area contributed by atoms with E-state index in [0.717, 1.165) is 16.3 Å². The molecular weight excluding hydrogens is 369 g/mol. The number of nitrogens with zero attached hydrogens (tertiary/aromatic N) is 2. The quantitative estimate of drug-likeness (QED) is 0.614. The minimum Gasteiger partial charge on any atom is -0.354 e. The number of thioether (sulfide) groups is 1. The predicted octanol–water partition coefficient (Wildman–Crippen LogP) is 4.28. The molecule has 3 rings (SSSR count). The zero-order valence-electron chi connectivity index (χ0n) is 14.7. The Kier molecular flexibility index (Phi) is 6.11. The third-order valence-electron chi connectivity index (χ3n) is 4.02. The minimum absolute atomic E-state index is 0.0427. The molecular formula is C19H20FN3OS2. The van der Waals surface area contributed by atoms with Gasteiger partial charge in [-0.1, -0.05) is 0 Å². The van der Waals surface area contributed by atoms with Crippen LogP contribution in [0.25, 0.3) is 11.1 Å². The first-order valence-corrected chi connectivity index (χ1v) is 10.2. The zero-order chi connectivity index (χ0) is 18.5. The normalized spacial score (nSPS) is 10.9. The van der Waals surface area contributed by atoms with Gasteiger partial charge in [0, 0.05) is 22.7 Å². The van der Waals surface area contributed by atoms with Crippen LogP contribution in [-0.2, 0) is 11.3 Å². The topological polar surface area (TPSA) is 46.9 Å². The number of nitrogens with one attached hydrogen (secondary N) is 1. The van der Waals surface area contributed by atoms with Crippen molar-refractivity contribution in [1.82, 2.24) is 15.1 Å². The van der Waals surface area contributed by atoms with Crippen molar-refractivity contribution in [3.8, 4) is 11.1 Å². The summed E-state index contributed by atoms with van der Waals surface area (Å²) in [6.45, 7) is 5.21. The second-order valence-electron chi connectivity index (χ2n) is 5.87. The largest absolute Gasteiger partial charge is 0.354 e. The summed E-state index contributed by atoms with van der Waals surface area (Å²) in [7, 11) is 0. The molecule has 3 aromatic rings. The van der Waals surface area contributed by atoms with Crippen LogP contribution in [0.5, 0.6) is 0 Å². The third-order valence-corrected chi connectivity index (χ3v) is 5.72. The molecule has 0 aliphatic rings. The van der Waals surface area contributed by atoms with Crippen LogP contribution >= 0.6 is 23.1 Å². The fraction of sp³-hybridized carbons (Fsp3) is 0.263. The second-order valence-corrected chi connectivity index (χ2v) is 7.70. The maximum Gasteiger partial charge on any atom is 0.230 e. The number of rotatable bonds is 7. The van der Waals surface area contributed by atoms with Crippen LogP contribution in [0.1, 0.15) is 11.4 Å². The first-order valence-electron chi connectivity index (χ1n) is 8.26. The van der Waals surface area contributed by atoms with Gasteiger partial charge in [0.15, 0.2) is 0 Å². The summed E-state index contributed by atoms with van der Waals surface area (Å²) in [6, 6.07) is 8.24. The van der Waals surface area contributed by atoms with E-state index in [1.807, 2.05) is 11.6 Å². The van der Waals surface area contributed by atoms with E-state index in [1.165, 1.54) is 35.0 Å². The Morgan fingerprint density at radius 2 is 2.04 bits per heavy atom. The summed E-state index contributed by atoms with van der Waals surface area (Å²) >= 11 is 3.06. The number of carbonyl (C=O) groups is 1. The SMILES string of the molecule is Cc1nn(CCNC(=O)CSc2ccc(F)cc2)c(C)c1-c1ccsc1. The molecule has 1 N–H and O–H groups in total. The molecule has 0 radical (unpaired) electrons. The average Bonchev–Trinajstić information content (AvgIpc) is 3.23. The molecule has 1 amide bonds. The summed E-state index contributed by atoms with van der Waals surface area (Å²) in [4.78, 5) is 12.9. The number of halogens is 1. The van der Waals surface area contributed by atoms with Gasteiger partial charge in [0.2, 0.25) is 5.91 Å². The lowest BCUT2D eigenvalue weighted by atomic mass is 10.1. The van der Waals surface area contributed by atoms with Crippen molar-refractivity contribution in [1.29, 1.82) is 0 Å². The first-order chi connectivity index (χ1) is 12.5. The van der Waals surface area contributed by atoms with Gasteiger partial charge in [0.05, 0.1) is 18.0 Å². The highest BCUT2D eigenvalue weighted by atomic mass is 32.2. The van der Waals surface area contributed by atoms with Crippen molar-refractivity contribution in [3.05, 3.63) is 58.3 Å². The fourth-order valence-corrected chi connectivity index (χ4v) is 4.15. The third kappa shape index (κ3) is 4.53. The Balaban J connectivity index is 1.49. The van der Waals surface area contributed by atoms with Crippen LogP contribution in [0.2, 0.25) is 0 Å². The van der Waals surface area contributed by atoms with E-state index < -0.39 is 0 Å². The Labute approximate surface area is 160 Å². The van der Waals surface area contributed by atoms with Gasteiger partial charge in [0.1, 0.15) is 5.82 Å². The number of hydrogen-bond acceptors (Lipinski definition) is 4. The molecule has 4 nitrogen and oxygen atoms in total. The molecule has 26 heavy (non-hydrogen) atoms. The Morgan fingerprint density at radius 1 is 1.27 bits per heavy atom. The van der Waals surface area contributed by atoms with Crippen LogP contribution < -0.4 is 5.32 Å². The molecule has 0 atom stereocenters. The van der Waals surface area contributed by atoms with Crippen molar-refractivity contribution >= 4 is 29.0 Å². The highest BCUT2D eigenvalue weighted by Crippen LogP contribution is 2.28. The maximum absolute atomic E-state index is 12.9. The highest BCUT2D eigenvalue weighted by Gasteiger charge is 2.13. The number of thiophene rings is 1. The van der Waals surface area contributed by atoms with Gasteiger partial charge in [-0.3, -0.25) is 9.48 Å². The molecule has 136 valence electrons. The fourth-order valence-electron chi connectivity index (χ4n) is 2.77. The lowest BCUT2D eigenvalue weighted by Crippen LogP contribution is -2.29. The summed E-state index contributed by atoms with van der Waals surface area (Å²) in [5.74, 6) is -0.00691. The number of aryl methyl sites for hydroxylation is 1. The van der Waals surface area contributed by atoms with E-state index in [4.69, 9.17) is 0 Å². The van der Waals surface area contributed by atoms with E-state index in [2.05, 4.69) is 34.2 Å². The molecule has 0 unspecified atom stereocenters. The van der Waals surface area contributed by atoms with Gasteiger partial charge < -0.3 is 5.32 Å². The molecule has 2 aromatic heterocycles. The number of benzene rings is 1. The molecule has 7 heteroatoms. The predicted molar refractivity (Wildman–Crippen MR) is 105 cm³/mol. The molecule has 0 saturated heterocycles. The van der Waals surface area contributed by atoms with Crippen LogP contribution in [0.3, 0.4) is 0 Å². The molecule has 0 saturated carbocycles. The smallest absolute Gasteiger partial charge is 0.230 e. The summed E-state index contributed by atoms with van der Waals surface area (Å²) in [5, 5.41) is 11.7. The molecule has 0 spiro atoms. The molecule has 1 aromatic carbocycles. The number of hydrogen-bond donors (Lipinski definition) is 1. The summed E-state index contributed by atoms with van der Waals surface area (Å²) in [5.41, 5.74) is 4.47. The van der Waals surface area contributed by atoms with E-state index in [9.17, 15) is 9.18 Å². The average molecular weight is 390 g/mol. The summed E-state index contributed by atoms with van der Waals surface area (Å²) < 4.78 is 14.8. The lowest BCUT2D eigenvalue weighted by molar-refractivity contribution is -0.118. The van der Waals surface area contributed by atoms with Crippen molar-refractivity contribution in [2.24, 2.45) is 0 Å². The van der Waals surface area contributed by atoms with Crippen molar-refractivity contribution in [2.45, 2.75) is 25.3 Å². The Morgan fingerprint density at radius 3 is 2.73 bits per heavy atom. The van der Waals surface area contributed by atoms with Crippen molar-refractivity contribution in [2.75, 3.05) is 12.3 Å². The van der Waals surface area contributed by atoms with Crippen molar-refractivity contribution in [3.63, 3.8) is 0 Å². The number of aromatic nitrogens is 2. The first kappa shape index (κ1) is 18.7. The molecule has 0 fully saturated rings. The number of amides is 1. The van der Waals surface area contributed by atoms with Gasteiger partial charge in [-0.15, -0.1) is 11.8 Å². The van der Waals surface area contributed by atoms with Gasteiger partial charge >= 0.3 is 0 Å². The van der Waals surface area contributed by atoms with Gasteiger partial charge in [0.25, 0.3) is 0 Å². The minimum atomic E-state index is -0.273. The van der Waals surface area contributed by atoms with Crippen LogP contribution in [0.4, 0.5) is 4.39 Å². The lowest BCUT2D eigenvalue weighted by Gasteiger charge is -2.07. The molecule has 2 heterocycles. The van der Waals surface area contributed by atoms with Crippen LogP contribution in [0, 0.1) is 19.7 Å². The Hall–Kier alpha value is -2.12. The highest BCUT2D eigenvalue weighted by molar-refractivity contribution is 8.00. The van der Waals surface area contributed by atoms with Crippen LogP contribution in [-0.4, -0.2) is 28.0 Å². The molecule has 0 aliphatic heterocycles. The standard InChI is InChI=1S/C19H20FN3OS2/c1-13-19(15-7-10-25-11-15)14(2)23(22-13)9-8-21-18(24)12-26-17-5-3-16(20)4-6-17/h3-7,10-11H,8-9,12H2,1-2H3,(H,21,24). The Bertz CT molecular complexity index is 873. The van der Waals surface area contributed by atoms with Gasteiger partial charge in [-0.25, -0.2) is 4.39 Å². The molecule has 0 aliphatic carbocycles. The van der Waals surface area contributed by atoms with Gasteiger partial charge in [-0.2, -0.15) is 16.4 Å². The van der Waals surface area contributed by atoms with Gasteiger partial charge in [-0.05, 0) is 60.5 Å². The van der Waals surface area contributed by atoms with Crippen molar-refractivity contribution < 1.29 is 9.18 Å². The second kappa shape index (κ2) is 8.51. The number of carbonyl (C=O) groups excluding carboxylic acids is 1. The van der Waals surface area contributed by atoms with Crippen LogP contribution in [0.15, 0.2) is 46.0 Å². The van der Waals surface area contributed by atoms with E-state index in [1.54, 1.807) is 23.5 Å². The zero-order valence-corrected chi connectivity index (χ0v) is 16.3.